The summed E-state index contributed by atoms with van der Waals surface area (Å²) in [5.41, 5.74) is 2.36. The van der Waals surface area contributed by atoms with E-state index in [1.165, 1.54) is 6.07 Å². The van der Waals surface area contributed by atoms with Crippen LogP contribution in [0.3, 0.4) is 0 Å². The monoisotopic (exact) mass is 410 g/mol. The number of sulfonamides is 1. The second-order valence-corrected chi connectivity index (χ2v) is 10.4. The number of carbonyl (C=O) groups is 1. The summed E-state index contributed by atoms with van der Waals surface area (Å²) in [6.45, 7) is 0.668. The maximum atomic E-state index is 12.8. The fourth-order valence-corrected chi connectivity index (χ4v) is 6.24. The Kier molecular flexibility index (Phi) is 4.71. The first-order valence-corrected chi connectivity index (χ1v) is 11.3. The molecule has 0 saturated heterocycles. The molecule has 2 heterocycles. The van der Waals surface area contributed by atoms with Crippen LogP contribution < -0.4 is 9.62 Å². The van der Waals surface area contributed by atoms with Gasteiger partial charge < -0.3 is 4.90 Å². The topological polar surface area (TPSA) is 66.5 Å². The van der Waals surface area contributed by atoms with Crippen LogP contribution in [0.1, 0.15) is 31.2 Å². The Bertz CT molecular complexity index is 949. The van der Waals surface area contributed by atoms with Crippen molar-refractivity contribution < 1.29 is 13.2 Å². The molecule has 1 N–H and O–H groups in total. The highest BCUT2D eigenvalue weighted by molar-refractivity contribution is 7.94. The molecule has 0 atom stereocenters. The molecule has 0 bridgehead atoms. The predicted molar refractivity (Wildman–Crippen MR) is 105 cm³/mol. The average Bonchev–Trinajstić information content (AvgIpc) is 3.34. The molecular weight excluding hydrogens is 392 g/mol. The Morgan fingerprint density at radius 1 is 1.19 bits per heavy atom. The number of amides is 1. The van der Waals surface area contributed by atoms with Gasteiger partial charge >= 0.3 is 0 Å². The number of hydrogen-bond acceptors (Lipinski definition) is 4. The number of benzene rings is 1. The minimum atomic E-state index is -3.68. The number of thiophene rings is 1. The third-order valence-corrected chi connectivity index (χ3v) is 8.12. The van der Waals surface area contributed by atoms with Crippen molar-refractivity contribution >= 4 is 50.2 Å². The standard InChI is InChI=1S/C18H19ClN2O3S2/c19-16-7-8-17(25-16)26(23,24)20-14-6-5-12-9-10-21(15(12)11-14)18(22)13-3-1-2-4-13/h5-8,11,13,20H,1-4,9-10H2. The van der Waals surface area contributed by atoms with Crippen LogP contribution in [0.4, 0.5) is 11.4 Å². The largest absolute Gasteiger partial charge is 0.312 e. The van der Waals surface area contributed by atoms with E-state index in [0.717, 1.165) is 54.7 Å². The zero-order chi connectivity index (χ0) is 18.3. The highest BCUT2D eigenvalue weighted by Crippen LogP contribution is 2.36. The number of fused-ring (bicyclic) bond motifs is 1. The molecule has 0 radical (unpaired) electrons. The predicted octanol–water partition coefficient (Wildman–Crippen LogP) is 4.28. The summed E-state index contributed by atoms with van der Waals surface area (Å²) in [6, 6.07) is 8.46. The van der Waals surface area contributed by atoms with Crippen molar-refractivity contribution in [2.45, 2.75) is 36.3 Å². The van der Waals surface area contributed by atoms with E-state index in [-0.39, 0.29) is 16.0 Å². The molecule has 1 aliphatic carbocycles. The Morgan fingerprint density at radius 3 is 2.65 bits per heavy atom. The Hall–Kier alpha value is -1.57. The molecule has 0 unspecified atom stereocenters. The number of nitrogens with one attached hydrogen (secondary N) is 1. The van der Waals surface area contributed by atoms with Crippen molar-refractivity contribution in [3.05, 3.63) is 40.2 Å². The molecule has 8 heteroatoms. The lowest BCUT2D eigenvalue weighted by Gasteiger charge is -2.21. The van der Waals surface area contributed by atoms with Crippen LogP contribution in [-0.2, 0) is 21.2 Å². The van der Waals surface area contributed by atoms with Gasteiger partial charge in [0.15, 0.2) is 0 Å². The summed E-state index contributed by atoms with van der Waals surface area (Å²) in [6.07, 6.45) is 4.94. The zero-order valence-corrected chi connectivity index (χ0v) is 16.5. The van der Waals surface area contributed by atoms with Gasteiger partial charge in [-0.05, 0) is 49.1 Å². The van der Waals surface area contributed by atoms with Gasteiger partial charge in [0.05, 0.1) is 10.0 Å². The summed E-state index contributed by atoms with van der Waals surface area (Å²) in [4.78, 5) is 14.6. The van der Waals surface area contributed by atoms with Gasteiger partial charge in [-0.15, -0.1) is 11.3 Å². The second-order valence-electron chi connectivity index (χ2n) is 6.73. The first-order chi connectivity index (χ1) is 12.4. The van der Waals surface area contributed by atoms with E-state index >= 15 is 0 Å². The Labute approximate surface area is 162 Å². The van der Waals surface area contributed by atoms with E-state index in [9.17, 15) is 13.2 Å². The van der Waals surface area contributed by atoms with Gasteiger partial charge in [-0.3, -0.25) is 9.52 Å². The molecule has 26 heavy (non-hydrogen) atoms. The molecule has 4 rings (SSSR count). The number of hydrogen-bond donors (Lipinski definition) is 1. The Morgan fingerprint density at radius 2 is 1.96 bits per heavy atom. The number of anilines is 2. The summed E-state index contributed by atoms with van der Waals surface area (Å²) in [5.74, 6) is 0.279. The molecule has 1 amide bonds. The van der Waals surface area contributed by atoms with Gasteiger partial charge in [0.25, 0.3) is 10.0 Å². The molecule has 1 aromatic heterocycles. The molecule has 1 aromatic carbocycles. The molecule has 1 saturated carbocycles. The van der Waals surface area contributed by atoms with Crippen molar-refractivity contribution in [1.82, 2.24) is 0 Å². The van der Waals surface area contributed by atoms with E-state index < -0.39 is 10.0 Å². The van der Waals surface area contributed by atoms with E-state index in [1.807, 2.05) is 11.0 Å². The van der Waals surface area contributed by atoms with Crippen LogP contribution in [0.2, 0.25) is 4.34 Å². The average molecular weight is 411 g/mol. The quantitative estimate of drug-likeness (QED) is 0.817. The van der Waals surface area contributed by atoms with Crippen molar-refractivity contribution in [2.24, 2.45) is 5.92 Å². The van der Waals surface area contributed by atoms with E-state index in [0.29, 0.717) is 16.6 Å². The third kappa shape index (κ3) is 3.35. The summed E-state index contributed by atoms with van der Waals surface area (Å²) < 4.78 is 28.2. The van der Waals surface area contributed by atoms with Crippen LogP contribution in [0, 0.1) is 5.92 Å². The van der Waals surface area contributed by atoms with Crippen molar-refractivity contribution in [3.8, 4) is 0 Å². The van der Waals surface area contributed by atoms with Gasteiger partial charge in [-0.25, -0.2) is 8.42 Å². The highest BCUT2D eigenvalue weighted by Gasteiger charge is 2.32. The molecule has 5 nitrogen and oxygen atoms in total. The lowest BCUT2D eigenvalue weighted by molar-refractivity contribution is -0.122. The van der Waals surface area contributed by atoms with Crippen LogP contribution in [-0.4, -0.2) is 20.9 Å². The van der Waals surface area contributed by atoms with Crippen LogP contribution >= 0.6 is 22.9 Å². The van der Waals surface area contributed by atoms with E-state index in [2.05, 4.69) is 4.72 Å². The van der Waals surface area contributed by atoms with Crippen LogP contribution in [0.25, 0.3) is 0 Å². The van der Waals surface area contributed by atoms with Gasteiger partial charge in [0.2, 0.25) is 5.91 Å². The molecule has 0 spiro atoms. The lowest BCUT2D eigenvalue weighted by Crippen LogP contribution is -2.33. The Balaban J connectivity index is 1.58. The fourth-order valence-electron chi connectivity index (χ4n) is 3.71. The fraction of sp³-hybridized carbons (Fsp3) is 0.389. The normalized spacial score (nSPS) is 17.5. The van der Waals surface area contributed by atoms with E-state index in [4.69, 9.17) is 11.6 Å². The first-order valence-electron chi connectivity index (χ1n) is 8.66. The third-order valence-electron chi connectivity index (χ3n) is 5.02. The smallest absolute Gasteiger partial charge is 0.271 e. The maximum Gasteiger partial charge on any atom is 0.271 e. The van der Waals surface area contributed by atoms with Crippen molar-refractivity contribution in [1.29, 1.82) is 0 Å². The van der Waals surface area contributed by atoms with Crippen LogP contribution in [0.15, 0.2) is 34.5 Å². The first kappa shape index (κ1) is 17.8. The number of carbonyl (C=O) groups excluding carboxylic acids is 1. The maximum absolute atomic E-state index is 12.8. The molecule has 2 aromatic rings. The summed E-state index contributed by atoms with van der Waals surface area (Å²) in [7, 11) is -3.68. The minimum absolute atomic E-state index is 0.106. The second kappa shape index (κ2) is 6.87. The van der Waals surface area contributed by atoms with Gasteiger partial charge in [0.1, 0.15) is 4.21 Å². The molecule has 1 aliphatic heterocycles. The molecule has 1 fully saturated rings. The minimum Gasteiger partial charge on any atom is -0.312 e. The summed E-state index contributed by atoms with van der Waals surface area (Å²) >= 11 is 6.86. The number of halogens is 1. The zero-order valence-electron chi connectivity index (χ0n) is 14.1. The number of rotatable bonds is 4. The van der Waals surface area contributed by atoms with Gasteiger partial charge in [-0.2, -0.15) is 0 Å². The van der Waals surface area contributed by atoms with Gasteiger partial charge in [0, 0.05) is 18.2 Å². The van der Waals surface area contributed by atoms with Gasteiger partial charge in [-0.1, -0.05) is 30.5 Å². The van der Waals surface area contributed by atoms with Crippen molar-refractivity contribution in [2.75, 3.05) is 16.2 Å². The molecule has 2 aliphatic rings. The highest BCUT2D eigenvalue weighted by atomic mass is 35.5. The molecular formula is C18H19ClN2O3S2. The van der Waals surface area contributed by atoms with Crippen LogP contribution in [0.5, 0.6) is 0 Å². The SMILES string of the molecule is O=C(C1CCCC1)N1CCc2ccc(NS(=O)(=O)c3ccc(Cl)s3)cc21. The number of nitrogens with zero attached hydrogens (tertiary/aromatic N) is 1. The van der Waals surface area contributed by atoms with Crippen molar-refractivity contribution in [3.63, 3.8) is 0 Å². The lowest BCUT2D eigenvalue weighted by atomic mass is 10.1. The summed E-state index contributed by atoms with van der Waals surface area (Å²) in [5, 5.41) is 0. The van der Waals surface area contributed by atoms with E-state index in [1.54, 1.807) is 18.2 Å². The molecule has 138 valence electrons.